The van der Waals surface area contributed by atoms with Crippen molar-refractivity contribution in [2.75, 3.05) is 30.9 Å². The molecular formula is C23H31N5O. The summed E-state index contributed by atoms with van der Waals surface area (Å²) in [5.41, 5.74) is 1.79. The van der Waals surface area contributed by atoms with E-state index >= 15 is 0 Å². The minimum atomic E-state index is 0.0167. The fraction of sp³-hybridized carbons (Fsp3) is 0.435. The molecule has 1 saturated carbocycles. The van der Waals surface area contributed by atoms with E-state index in [-0.39, 0.29) is 5.91 Å². The number of carbonyl (C=O) groups is 1. The number of benzene rings is 1. The zero-order valence-corrected chi connectivity index (χ0v) is 17.6. The number of anilines is 2. The monoisotopic (exact) mass is 393 g/mol. The molecule has 0 spiro atoms. The molecule has 0 atom stereocenters. The summed E-state index contributed by atoms with van der Waals surface area (Å²) in [6, 6.07) is 12.2. The lowest BCUT2D eigenvalue weighted by atomic mass is 9.86. The van der Waals surface area contributed by atoms with E-state index < -0.39 is 0 Å². The van der Waals surface area contributed by atoms with Gasteiger partial charge in [-0.15, -0.1) is 0 Å². The first-order chi connectivity index (χ1) is 14.0. The van der Waals surface area contributed by atoms with Gasteiger partial charge < -0.3 is 15.5 Å². The van der Waals surface area contributed by atoms with Gasteiger partial charge in [0.05, 0.1) is 0 Å². The van der Waals surface area contributed by atoms with Crippen LogP contribution in [-0.4, -0.2) is 42.6 Å². The molecule has 1 aliphatic carbocycles. The highest BCUT2D eigenvalue weighted by atomic mass is 16.1. The predicted molar refractivity (Wildman–Crippen MR) is 119 cm³/mol. The maximum Gasteiger partial charge on any atom is 0.246 e. The van der Waals surface area contributed by atoms with Gasteiger partial charge in [0.1, 0.15) is 5.82 Å². The van der Waals surface area contributed by atoms with Crippen molar-refractivity contribution in [2.24, 2.45) is 5.92 Å². The van der Waals surface area contributed by atoms with Crippen LogP contribution in [0.4, 0.5) is 11.8 Å². The highest BCUT2D eigenvalue weighted by Gasteiger charge is 2.22. The smallest absolute Gasteiger partial charge is 0.246 e. The van der Waals surface area contributed by atoms with Gasteiger partial charge in [-0.05, 0) is 56.2 Å². The van der Waals surface area contributed by atoms with Gasteiger partial charge in [0.2, 0.25) is 11.9 Å². The van der Waals surface area contributed by atoms with E-state index in [1.165, 1.54) is 0 Å². The first kappa shape index (κ1) is 20.8. The topological polar surface area (TPSA) is 70.2 Å². The third-order valence-corrected chi connectivity index (χ3v) is 5.37. The molecule has 154 valence electrons. The summed E-state index contributed by atoms with van der Waals surface area (Å²) in [5, 5.41) is 6.56. The van der Waals surface area contributed by atoms with Crippen molar-refractivity contribution in [2.45, 2.75) is 38.6 Å². The zero-order valence-electron chi connectivity index (χ0n) is 17.6. The molecule has 0 bridgehead atoms. The van der Waals surface area contributed by atoms with Gasteiger partial charge in [-0.25, -0.2) is 4.98 Å². The largest absolute Gasteiger partial charge is 0.363 e. The predicted octanol–water partition coefficient (Wildman–Crippen LogP) is 3.73. The third kappa shape index (κ3) is 6.31. The van der Waals surface area contributed by atoms with Crippen LogP contribution in [-0.2, 0) is 4.79 Å². The molecule has 0 saturated heterocycles. The van der Waals surface area contributed by atoms with Gasteiger partial charge in [-0.1, -0.05) is 30.3 Å². The highest BCUT2D eigenvalue weighted by molar-refractivity contribution is 5.97. The molecule has 2 aromatic rings. The van der Waals surface area contributed by atoms with E-state index in [9.17, 15) is 4.79 Å². The molecule has 29 heavy (non-hydrogen) atoms. The summed E-state index contributed by atoms with van der Waals surface area (Å²) in [6.45, 7) is 2.60. The molecule has 6 nitrogen and oxygen atoms in total. The zero-order chi connectivity index (χ0) is 20.6. The lowest BCUT2D eigenvalue weighted by Crippen LogP contribution is -2.34. The molecule has 0 aliphatic heterocycles. The van der Waals surface area contributed by atoms with Crippen LogP contribution >= 0.6 is 0 Å². The van der Waals surface area contributed by atoms with Crippen molar-refractivity contribution in [1.29, 1.82) is 0 Å². The first-order valence-corrected chi connectivity index (χ1v) is 10.3. The second kappa shape index (κ2) is 10.0. The van der Waals surface area contributed by atoms with Crippen LogP contribution in [0.1, 0.15) is 38.2 Å². The summed E-state index contributed by atoms with van der Waals surface area (Å²) in [5.74, 6) is 2.13. The van der Waals surface area contributed by atoms with Gasteiger partial charge in [-0.2, -0.15) is 4.98 Å². The lowest BCUT2D eigenvalue weighted by Gasteiger charge is -2.29. The maximum atomic E-state index is 12.4. The highest BCUT2D eigenvalue weighted by Crippen LogP contribution is 2.26. The van der Waals surface area contributed by atoms with Crippen molar-refractivity contribution >= 4 is 23.7 Å². The van der Waals surface area contributed by atoms with E-state index in [0.29, 0.717) is 17.9 Å². The molecule has 1 aliphatic rings. The lowest BCUT2D eigenvalue weighted by molar-refractivity contribution is -0.117. The molecular weight excluding hydrogens is 362 g/mol. The van der Waals surface area contributed by atoms with Gasteiger partial charge in [-0.3, -0.25) is 4.79 Å². The normalized spacial score (nSPS) is 19.5. The molecule has 6 heteroatoms. The Hall–Kier alpha value is -2.89. The average molecular weight is 394 g/mol. The van der Waals surface area contributed by atoms with Crippen molar-refractivity contribution in [1.82, 2.24) is 15.3 Å². The van der Waals surface area contributed by atoms with Crippen molar-refractivity contribution < 1.29 is 4.79 Å². The quantitative estimate of drug-likeness (QED) is 0.702. The van der Waals surface area contributed by atoms with Crippen LogP contribution in [0.5, 0.6) is 0 Å². The number of carbonyl (C=O) groups excluding carboxylic acids is 1. The number of nitrogens with zero attached hydrogens (tertiary/aromatic N) is 3. The third-order valence-electron chi connectivity index (χ3n) is 5.37. The van der Waals surface area contributed by atoms with Gasteiger partial charge in [0.15, 0.2) is 0 Å². The van der Waals surface area contributed by atoms with Crippen LogP contribution in [0.2, 0.25) is 0 Å². The summed E-state index contributed by atoms with van der Waals surface area (Å²) in [6.07, 6.45) is 8.03. The Morgan fingerprint density at radius 1 is 1.14 bits per heavy atom. The first-order valence-electron chi connectivity index (χ1n) is 10.3. The van der Waals surface area contributed by atoms with Crippen LogP contribution in [0, 0.1) is 5.92 Å². The van der Waals surface area contributed by atoms with Crippen molar-refractivity contribution in [3.8, 4) is 0 Å². The molecule has 1 aromatic heterocycles. The van der Waals surface area contributed by atoms with Crippen LogP contribution in [0.25, 0.3) is 6.08 Å². The molecule has 0 radical (unpaired) electrons. The van der Waals surface area contributed by atoms with E-state index in [2.05, 4.69) is 20.6 Å². The molecule has 0 unspecified atom stereocenters. The standard InChI is InChI=1S/C23H31N5O/c1-17(15-18-7-5-4-6-8-18)22(29)25-16-19-9-11-20(12-10-19)26-23-24-14-13-21(27-23)28(2)3/h4-8,13-15,19-20H,9-12,16H2,1-3H3,(H,25,29)(H,24,26,27)/b17-15+. The summed E-state index contributed by atoms with van der Waals surface area (Å²) in [4.78, 5) is 23.2. The fourth-order valence-corrected chi connectivity index (χ4v) is 3.60. The van der Waals surface area contributed by atoms with E-state index in [1.54, 1.807) is 6.20 Å². The average Bonchev–Trinajstić information content (AvgIpc) is 2.74. The Balaban J connectivity index is 1.42. The molecule has 1 amide bonds. The van der Waals surface area contributed by atoms with Crippen molar-refractivity contribution in [3.05, 3.63) is 53.7 Å². The van der Waals surface area contributed by atoms with E-state index in [0.717, 1.165) is 49.2 Å². The number of amides is 1. The Morgan fingerprint density at radius 3 is 2.55 bits per heavy atom. The Morgan fingerprint density at radius 2 is 1.86 bits per heavy atom. The van der Waals surface area contributed by atoms with Crippen LogP contribution in [0.15, 0.2) is 48.2 Å². The van der Waals surface area contributed by atoms with Gasteiger partial charge >= 0.3 is 0 Å². The molecule has 1 aromatic carbocycles. The van der Waals surface area contributed by atoms with E-state index in [1.807, 2.05) is 68.4 Å². The maximum absolute atomic E-state index is 12.4. The summed E-state index contributed by atoms with van der Waals surface area (Å²) >= 11 is 0. The minimum Gasteiger partial charge on any atom is -0.363 e. The van der Waals surface area contributed by atoms with Crippen LogP contribution < -0.4 is 15.5 Å². The Labute approximate surface area is 173 Å². The number of nitrogens with one attached hydrogen (secondary N) is 2. The minimum absolute atomic E-state index is 0.0167. The van der Waals surface area contributed by atoms with Crippen molar-refractivity contribution in [3.63, 3.8) is 0 Å². The molecule has 3 rings (SSSR count). The Kier molecular flexibility index (Phi) is 7.22. The fourth-order valence-electron chi connectivity index (χ4n) is 3.60. The molecule has 1 heterocycles. The second-order valence-electron chi connectivity index (χ2n) is 7.94. The van der Waals surface area contributed by atoms with Gasteiger partial charge in [0, 0.05) is 38.5 Å². The summed E-state index contributed by atoms with van der Waals surface area (Å²) < 4.78 is 0. The molecule has 2 N–H and O–H groups in total. The van der Waals surface area contributed by atoms with Crippen LogP contribution in [0.3, 0.4) is 0 Å². The number of hydrogen-bond donors (Lipinski definition) is 2. The summed E-state index contributed by atoms with van der Waals surface area (Å²) in [7, 11) is 3.95. The number of rotatable bonds is 7. The Bertz CT molecular complexity index is 826. The van der Waals surface area contributed by atoms with Gasteiger partial charge in [0.25, 0.3) is 0 Å². The van der Waals surface area contributed by atoms with E-state index in [4.69, 9.17) is 0 Å². The number of aromatic nitrogens is 2. The number of hydrogen-bond acceptors (Lipinski definition) is 5. The second-order valence-corrected chi connectivity index (χ2v) is 7.94. The SMILES string of the molecule is C/C(=C\c1ccccc1)C(=O)NCC1CCC(Nc2nccc(N(C)C)n2)CC1. The molecule has 1 fully saturated rings.